The number of benzene rings is 1. The molecule has 0 saturated heterocycles. The Hall–Kier alpha value is -3.41. The van der Waals surface area contributed by atoms with Crippen LogP contribution in [0.15, 0.2) is 67.1 Å². The highest BCUT2D eigenvalue weighted by Gasteiger charge is 2.08. The van der Waals surface area contributed by atoms with Crippen LogP contribution in [0.2, 0.25) is 0 Å². The molecule has 0 radical (unpaired) electrons. The molecule has 2 N–H and O–H groups in total. The summed E-state index contributed by atoms with van der Waals surface area (Å²) in [5.41, 5.74) is 3.26. The number of carbonyl (C=O) groups excluding carboxylic acids is 1. The smallest absolute Gasteiger partial charge is 0.270 e. The predicted molar refractivity (Wildman–Crippen MR) is 100.0 cm³/mol. The molecular weight excluding hydrogens is 328 g/mol. The van der Waals surface area contributed by atoms with Gasteiger partial charge in [-0.05, 0) is 41.5 Å². The van der Waals surface area contributed by atoms with Gasteiger partial charge in [0.15, 0.2) is 0 Å². The fourth-order valence-electron chi connectivity index (χ4n) is 2.39. The van der Waals surface area contributed by atoms with Crippen LogP contribution in [0.4, 0.5) is 5.69 Å². The Morgan fingerprint density at radius 2 is 1.88 bits per heavy atom. The van der Waals surface area contributed by atoms with Crippen molar-refractivity contribution in [3.63, 3.8) is 0 Å². The topological polar surface area (TPSA) is 76.1 Å². The highest BCUT2D eigenvalue weighted by atomic mass is 16.5. The number of anilines is 1. The summed E-state index contributed by atoms with van der Waals surface area (Å²) in [4.78, 5) is 20.6. The summed E-state index contributed by atoms with van der Waals surface area (Å²) in [6.45, 7) is 1.06. The zero-order valence-electron chi connectivity index (χ0n) is 14.5. The maximum atomic E-state index is 12.3. The summed E-state index contributed by atoms with van der Waals surface area (Å²) < 4.78 is 5.12. The van der Waals surface area contributed by atoms with E-state index in [1.807, 2.05) is 42.5 Å². The van der Waals surface area contributed by atoms with Gasteiger partial charge in [0.05, 0.1) is 7.11 Å². The average molecular weight is 348 g/mol. The van der Waals surface area contributed by atoms with E-state index >= 15 is 0 Å². The first-order chi connectivity index (χ1) is 12.7. The SMILES string of the molecule is COc1ccc(CNC(=O)c2cc(NCc3cccnc3)ccn2)cc1. The van der Waals surface area contributed by atoms with Crippen molar-refractivity contribution in [1.82, 2.24) is 15.3 Å². The van der Waals surface area contributed by atoms with Crippen LogP contribution in [-0.2, 0) is 13.1 Å². The van der Waals surface area contributed by atoms with E-state index in [1.54, 1.807) is 31.8 Å². The van der Waals surface area contributed by atoms with Gasteiger partial charge < -0.3 is 15.4 Å². The van der Waals surface area contributed by atoms with E-state index in [1.165, 1.54) is 0 Å². The lowest BCUT2D eigenvalue weighted by Crippen LogP contribution is -2.23. The van der Waals surface area contributed by atoms with Crippen molar-refractivity contribution in [3.8, 4) is 5.75 Å². The summed E-state index contributed by atoms with van der Waals surface area (Å²) in [7, 11) is 1.62. The number of rotatable bonds is 7. The maximum absolute atomic E-state index is 12.3. The van der Waals surface area contributed by atoms with Crippen molar-refractivity contribution in [2.45, 2.75) is 13.1 Å². The van der Waals surface area contributed by atoms with E-state index < -0.39 is 0 Å². The summed E-state index contributed by atoms with van der Waals surface area (Å²) in [6, 6.07) is 15.0. The molecule has 6 nitrogen and oxygen atoms in total. The van der Waals surface area contributed by atoms with Crippen molar-refractivity contribution in [1.29, 1.82) is 0 Å². The summed E-state index contributed by atoms with van der Waals surface area (Å²) in [5.74, 6) is 0.569. The van der Waals surface area contributed by atoms with Crippen molar-refractivity contribution >= 4 is 11.6 Å². The second-order valence-electron chi connectivity index (χ2n) is 5.68. The number of amides is 1. The minimum absolute atomic E-state index is 0.217. The molecule has 0 saturated carbocycles. The third-order valence-electron chi connectivity index (χ3n) is 3.82. The molecule has 0 aliphatic rings. The van der Waals surface area contributed by atoms with Gasteiger partial charge in [-0.15, -0.1) is 0 Å². The first-order valence-corrected chi connectivity index (χ1v) is 8.24. The van der Waals surface area contributed by atoms with Gasteiger partial charge in [-0.2, -0.15) is 0 Å². The molecular formula is C20H20N4O2. The molecule has 0 bridgehead atoms. The largest absolute Gasteiger partial charge is 0.497 e. The standard InChI is InChI=1S/C20H20N4O2/c1-26-18-6-4-15(5-7-18)13-24-20(25)19-11-17(8-10-22-19)23-14-16-3-2-9-21-12-16/h2-12H,13-14H2,1H3,(H,22,23)(H,24,25). The number of hydrogen-bond acceptors (Lipinski definition) is 5. The molecule has 0 atom stereocenters. The highest BCUT2D eigenvalue weighted by molar-refractivity contribution is 5.93. The van der Waals surface area contributed by atoms with Crippen LogP contribution in [0.25, 0.3) is 0 Å². The normalized spacial score (nSPS) is 10.2. The Kier molecular flexibility index (Phi) is 5.77. The van der Waals surface area contributed by atoms with Crippen molar-refractivity contribution in [2.24, 2.45) is 0 Å². The number of carbonyl (C=O) groups is 1. The van der Waals surface area contributed by atoms with E-state index in [0.29, 0.717) is 18.8 Å². The third-order valence-corrected chi connectivity index (χ3v) is 3.82. The lowest BCUT2D eigenvalue weighted by Gasteiger charge is -2.09. The minimum Gasteiger partial charge on any atom is -0.497 e. The molecule has 3 aromatic rings. The Bertz CT molecular complexity index is 851. The lowest BCUT2D eigenvalue weighted by atomic mass is 10.2. The van der Waals surface area contributed by atoms with Gasteiger partial charge >= 0.3 is 0 Å². The number of nitrogens with zero attached hydrogens (tertiary/aromatic N) is 2. The van der Waals surface area contributed by atoms with Crippen LogP contribution in [0.5, 0.6) is 5.75 Å². The van der Waals surface area contributed by atoms with Crippen LogP contribution >= 0.6 is 0 Å². The molecule has 0 aliphatic heterocycles. The quantitative estimate of drug-likeness (QED) is 0.686. The van der Waals surface area contributed by atoms with Gasteiger partial charge in [-0.3, -0.25) is 14.8 Å². The summed E-state index contributed by atoms with van der Waals surface area (Å²) >= 11 is 0. The van der Waals surface area contributed by atoms with Gasteiger partial charge in [-0.1, -0.05) is 18.2 Å². The third kappa shape index (κ3) is 4.80. The van der Waals surface area contributed by atoms with Gasteiger partial charge in [0.2, 0.25) is 0 Å². The van der Waals surface area contributed by atoms with Crippen molar-refractivity contribution in [3.05, 3.63) is 83.9 Å². The number of methoxy groups -OCH3 is 1. The van der Waals surface area contributed by atoms with Crippen LogP contribution in [0, 0.1) is 0 Å². The molecule has 0 spiro atoms. The summed E-state index contributed by atoms with van der Waals surface area (Å²) in [6.07, 6.45) is 5.16. The Labute approximate surface area is 152 Å². The molecule has 2 aromatic heterocycles. The molecule has 26 heavy (non-hydrogen) atoms. The van der Waals surface area contributed by atoms with E-state index in [2.05, 4.69) is 20.6 Å². The summed E-state index contributed by atoms with van der Waals surface area (Å²) in [5, 5.41) is 6.14. The molecule has 0 unspecified atom stereocenters. The Balaban J connectivity index is 1.57. The molecule has 6 heteroatoms. The highest BCUT2D eigenvalue weighted by Crippen LogP contribution is 2.12. The van der Waals surface area contributed by atoms with E-state index in [9.17, 15) is 4.79 Å². The Morgan fingerprint density at radius 3 is 2.62 bits per heavy atom. The fourth-order valence-corrected chi connectivity index (χ4v) is 2.39. The van der Waals surface area contributed by atoms with Gasteiger partial charge in [0, 0.05) is 37.4 Å². The number of hydrogen-bond donors (Lipinski definition) is 2. The van der Waals surface area contributed by atoms with E-state index in [4.69, 9.17) is 4.74 Å². The van der Waals surface area contributed by atoms with E-state index in [-0.39, 0.29) is 5.91 Å². The Morgan fingerprint density at radius 1 is 1.04 bits per heavy atom. The number of ether oxygens (including phenoxy) is 1. The monoisotopic (exact) mass is 348 g/mol. The number of pyridine rings is 2. The predicted octanol–water partition coefficient (Wildman–Crippen LogP) is 3.03. The average Bonchev–Trinajstić information content (AvgIpc) is 2.72. The van der Waals surface area contributed by atoms with Gasteiger partial charge in [0.25, 0.3) is 5.91 Å². The molecule has 0 fully saturated rings. The van der Waals surface area contributed by atoms with Crippen LogP contribution < -0.4 is 15.4 Å². The van der Waals surface area contributed by atoms with Crippen molar-refractivity contribution < 1.29 is 9.53 Å². The zero-order chi connectivity index (χ0) is 18.2. The van der Waals surface area contributed by atoms with Gasteiger partial charge in [-0.25, -0.2) is 0 Å². The fraction of sp³-hybridized carbons (Fsp3) is 0.150. The second kappa shape index (κ2) is 8.62. The molecule has 0 aliphatic carbocycles. The van der Waals surface area contributed by atoms with Crippen molar-refractivity contribution in [2.75, 3.05) is 12.4 Å². The molecule has 132 valence electrons. The van der Waals surface area contributed by atoms with Gasteiger partial charge in [0.1, 0.15) is 11.4 Å². The van der Waals surface area contributed by atoms with Crippen LogP contribution in [0.1, 0.15) is 21.6 Å². The first kappa shape index (κ1) is 17.4. The second-order valence-corrected chi connectivity index (χ2v) is 5.68. The zero-order valence-corrected chi connectivity index (χ0v) is 14.5. The molecule has 3 rings (SSSR count). The number of aromatic nitrogens is 2. The van der Waals surface area contributed by atoms with Crippen LogP contribution in [0.3, 0.4) is 0 Å². The maximum Gasteiger partial charge on any atom is 0.270 e. The first-order valence-electron chi connectivity index (χ1n) is 8.24. The lowest BCUT2D eigenvalue weighted by molar-refractivity contribution is 0.0946. The minimum atomic E-state index is -0.217. The molecule has 1 aromatic carbocycles. The van der Waals surface area contributed by atoms with E-state index in [0.717, 1.165) is 22.6 Å². The molecule has 2 heterocycles. The molecule has 1 amide bonds. The van der Waals surface area contributed by atoms with Crippen LogP contribution in [-0.4, -0.2) is 23.0 Å². The number of nitrogens with one attached hydrogen (secondary N) is 2.